The van der Waals surface area contributed by atoms with Crippen LogP contribution in [0.25, 0.3) is 0 Å². The molecule has 1 atom stereocenters. The molecular weight excluding hydrogens is 396 g/mol. The number of nitrogens with two attached hydrogens (primary N) is 1. The van der Waals surface area contributed by atoms with Gasteiger partial charge in [0.05, 0.1) is 6.54 Å². The monoisotopic (exact) mass is 428 g/mol. The lowest BCUT2D eigenvalue weighted by molar-refractivity contribution is -0.134. The lowest BCUT2D eigenvalue weighted by Crippen LogP contribution is -2.45. The predicted octanol–water partition coefficient (Wildman–Crippen LogP) is 0.358. The van der Waals surface area contributed by atoms with Crippen LogP contribution < -0.4 is 21.7 Å². The molecule has 1 unspecified atom stereocenters. The summed E-state index contributed by atoms with van der Waals surface area (Å²) in [5, 5.41) is 9.14. The van der Waals surface area contributed by atoms with Gasteiger partial charge in [-0.25, -0.2) is 0 Å². The van der Waals surface area contributed by atoms with Gasteiger partial charge >= 0.3 is 0 Å². The van der Waals surface area contributed by atoms with Crippen LogP contribution in [-0.2, 0) is 16.1 Å². The van der Waals surface area contributed by atoms with Crippen LogP contribution >= 0.6 is 0 Å². The lowest BCUT2D eigenvalue weighted by atomic mass is 10.1. The fourth-order valence-corrected chi connectivity index (χ4v) is 4.13. The van der Waals surface area contributed by atoms with Crippen LogP contribution in [0.5, 0.6) is 0 Å². The molecule has 1 aliphatic carbocycles. The molecule has 5 N–H and O–H groups in total. The van der Waals surface area contributed by atoms with Gasteiger partial charge in [0.1, 0.15) is 0 Å². The molecule has 1 aromatic rings. The van der Waals surface area contributed by atoms with Crippen molar-refractivity contribution in [2.24, 2.45) is 16.6 Å². The average Bonchev–Trinajstić information content (AvgIpc) is 3.47. The summed E-state index contributed by atoms with van der Waals surface area (Å²) in [6.07, 6.45) is 5.31. The van der Waals surface area contributed by atoms with Crippen LogP contribution in [0.1, 0.15) is 48.0 Å². The Morgan fingerprint density at radius 2 is 1.81 bits per heavy atom. The number of benzene rings is 1. The molecule has 168 valence electrons. The van der Waals surface area contributed by atoms with E-state index in [0.29, 0.717) is 30.5 Å². The second-order valence-corrected chi connectivity index (χ2v) is 8.17. The van der Waals surface area contributed by atoms with Crippen molar-refractivity contribution in [3.63, 3.8) is 0 Å². The van der Waals surface area contributed by atoms with Crippen molar-refractivity contribution in [2.45, 2.75) is 44.7 Å². The Morgan fingerprint density at radius 3 is 2.45 bits per heavy atom. The third kappa shape index (κ3) is 6.44. The van der Waals surface area contributed by atoms with E-state index < -0.39 is 5.91 Å². The predicted molar refractivity (Wildman–Crippen MR) is 118 cm³/mol. The van der Waals surface area contributed by atoms with Gasteiger partial charge in [-0.15, -0.1) is 0 Å². The first-order valence-electron chi connectivity index (χ1n) is 10.9. The first-order valence-corrected chi connectivity index (χ1v) is 10.9. The zero-order valence-corrected chi connectivity index (χ0v) is 18.0. The number of hydrogen-bond acceptors (Lipinski definition) is 4. The maximum atomic E-state index is 12.6. The zero-order valence-electron chi connectivity index (χ0n) is 18.0. The summed E-state index contributed by atoms with van der Waals surface area (Å²) in [4.78, 5) is 41.6. The lowest BCUT2D eigenvalue weighted by Gasteiger charge is -2.21. The number of carbonyl (C=O) groups is 3. The quantitative estimate of drug-likeness (QED) is 0.368. The number of likely N-dealkylation sites (tertiary alicyclic amines) is 1. The van der Waals surface area contributed by atoms with Crippen LogP contribution in [0.2, 0.25) is 0 Å². The Balaban J connectivity index is 1.44. The molecule has 3 amide bonds. The van der Waals surface area contributed by atoms with Crippen molar-refractivity contribution in [2.75, 3.05) is 26.7 Å². The van der Waals surface area contributed by atoms with Gasteiger partial charge in [0.2, 0.25) is 11.8 Å². The van der Waals surface area contributed by atoms with Crippen molar-refractivity contribution >= 4 is 23.7 Å². The highest BCUT2D eigenvalue weighted by molar-refractivity contribution is 5.96. The molecule has 1 heterocycles. The largest absolute Gasteiger partial charge is 0.368 e. The third-order valence-electron chi connectivity index (χ3n) is 5.87. The molecule has 1 aromatic carbocycles. The minimum absolute atomic E-state index is 0.186. The van der Waals surface area contributed by atoms with Crippen molar-refractivity contribution in [1.82, 2.24) is 20.9 Å². The Morgan fingerprint density at radius 1 is 1.10 bits per heavy atom. The van der Waals surface area contributed by atoms with Crippen molar-refractivity contribution in [3.05, 3.63) is 35.4 Å². The van der Waals surface area contributed by atoms with Gasteiger partial charge in [-0.1, -0.05) is 25.0 Å². The molecule has 2 fully saturated rings. The molecule has 9 heteroatoms. The molecule has 1 saturated carbocycles. The fraction of sp³-hybridized carbons (Fsp3) is 0.545. The summed E-state index contributed by atoms with van der Waals surface area (Å²) in [7, 11) is 1.72. The van der Waals surface area contributed by atoms with E-state index in [4.69, 9.17) is 5.73 Å². The van der Waals surface area contributed by atoms with Crippen molar-refractivity contribution < 1.29 is 14.4 Å². The topological polar surface area (TPSA) is 129 Å². The number of primary amides is 1. The van der Waals surface area contributed by atoms with E-state index in [-0.39, 0.29) is 24.4 Å². The van der Waals surface area contributed by atoms with Crippen LogP contribution in [0.4, 0.5) is 0 Å². The van der Waals surface area contributed by atoms with Crippen LogP contribution in [0.15, 0.2) is 29.3 Å². The van der Waals surface area contributed by atoms with Gasteiger partial charge in [0.25, 0.3) is 5.91 Å². The number of carbonyl (C=O) groups excluding carboxylic acids is 3. The molecule has 0 spiro atoms. The molecule has 0 aromatic heterocycles. The highest BCUT2D eigenvalue weighted by Gasteiger charge is 2.32. The van der Waals surface area contributed by atoms with Crippen LogP contribution in [0, 0.1) is 5.92 Å². The molecule has 0 bridgehead atoms. The summed E-state index contributed by atoms with van der Waals surface area (Å²) in [6.45, 7) is 1.86. The van der Waals surface area contributed by atoms with Crippen LogP contribution in [-0.4, -0.2) is 61.3 Å². The SMILES string of the molecule is CN=C(NCc1ccc(C(=O)NCC(N)=O)cc1)NC1CCN(C(=O)C2CCCC2)C1. The molecule has 3 rings (SSSR count). The number of nitrogens with zero attached hydrogens (tertiary/aromatic N) is 2. The van der Waals surface area contributed by atoms with Gasteiger partial charge in [-0.2, -0.15) is 0 Å². The van der Waals surface area contributed by atoms with Crippen molar-refractivity contribution in [1.29, 1.82) is 0 Å². The van der Waals surface area contributed by atoms with E-state index in [1.165, 1.54) is 12.8 Å². The molecule has 9 nitrogen and oxygen atoms in total. The van der Waals surface area contributed by atoms with E-state index in [1.54, 1.807) is 19.2 Å². The highest BCUT2D eigenvalue weighted by Crippen LogP contribution is 2.27. The minimum Gasteiger partial charge on any atom is -0.368 e. The van der Waals surface area contributed by atoms with E-state index in [1.807, 2.05) is 17.0 Å². The molecule has 1 saturated heterocycles. The first-order chi connectivity index (χ1) is 15.0. The van der Waals surface area contributed by atoms with Gasteiger partial charge in [-0.05, 0) is 37.0 Å². The molecule has 31 heavy (non-hydrogen) atoms. The molecule has 1 aliphatic heterocycles. The highest BCUT2D eigenvalue weighted by atomic mass is 16.2. The van der Waals surface area contributed by atoms with Crippen LogP contribution in [0.3, 0.4) is 0 Å². The summed E-state index contributed by atoms with van der Waals surface area (Å²) in [5.74, 6) is 0.292. The van der Waals surface area contributed by atoms with Gasteiger partial charge in [0.15, 0.2) is 5.96 Å². The van der Waals surface area contributed by atoms with Crippen molar-refractivity contribution in [3.8, 4) is 0 Å². The second-order valence-electron chi connectivity index (χ2n) is 8.17. The van der Waals surface area contributed by atoms with E-state index in [0.717, 1.165) is 31.4 Å². The van der Waals surface area contributed by atoms with Gasteiger partial charge < -0.3 is 26.6 Å². The fourth-order valence-electron chi connectivity index (χ4n) is 4.13. The minimum atomic E-state index is -0.582. The molecular formula is C22H32N6O3. The standard InChI is InChI=1S/C22H32N6O3/c1-24-22(27-18-10-11-28(14-18)21(31)17-4-2-3-5-17)26-12-15-6-8-16(9-7-15)20(30)25-13-19(23)29/h6-9,17-18H,2-5,10-14H2,1H3,(H2,23,29)(H,25,30)(H2,24,26,27). The van der Waals surface area contributed by atoms with Gasteiger partial charge in [-0.3, -0.25) is 19.4 Å². The number of hydrogen-bond donors (Lipinski definition) is 4. The smallest absolute Gasteiger partial charge is 0.251 e. The Hall–Kier alpha value is -3.10. The molecule has 2 aliphatic rings. The number of rotatable bonds is 7. The first kappa shape index (κ1) is 22.6. The van der Waals surface area contributed by atoms with E-state index in [9.17, 15) is 14.4 Å². The second kappa shape index (κ2) is 10.8. The summed E-state index contributed by atoms with van der Waals surface area (Å²) < 4.78 is 0. The molecule has 0 radical (unpaired) electrons. The zero-order chi connectivity index (χ0) is 22.2. The third-order valence-corrected chi connectivity index (χ3v) is 5.87. The number of amides is 3. The Labute approximate surface area is 182 Å². The maximum absolute atomic E-state index is 12.6. The number of nitrogens with one attached hydrogen (secondary N) is 3. The summed E-state index contributed by atoms with van der Waals surface area (Å²) in [6, 6.07) is 7.28. The average molecular weight is 429 g/mol. The number of aliphatic imine (C=N–C) groups is 1. The van der Waals surface area contributed by atoms with E-state index in [2.05, 4.69) is 20.9 Å². The van der Waals surface area contributed by atoms with Gasteiger partial charge in [0, 0.05) is 44.2 Å². The maximum Gasteiger partial charge on any atom is 0.251 e. The Kier molecular flexibility index (Phi) is 7.86. The van der Waals surface area contributed by atoms with E-state index >= 15 is 0 Å². The number of guanidine groups is 1. The normalized spacial score (nSPS) is 19.3. The summed E-state index contributed by atoms with van der Waals surface area (Å²) >= 11 is 0. The summed E-state index contributed by atoms with van der Waals surface area (Å²) in [5.41, 5.74) is 6.48. The Bertz CT molecular complexity index is 817.